The van der Waals surface area contributed by atoms with E-state index in [-0.39, 0.29) is 11.8 Å². The number of hydrogen-bond donors (Lipinski definition) is 2. The summed E-state index contributed by atoms with van der Waals surface area (Å²) in [4.78, 5) is 25.8. The molecule has 2 aromatic carbocycles. The van der Waals surface area contributed by atoms with Crippen LogP contribution in [0, 0.1) is 5.92 Å². The van der Waals surface area contributed by atoms with Crippen molar-refractivity contribution in [1.29, 1.82) is 0 Å². The highest BCUT2D eigenvalue weighted by Crippen LogP contribution is 2.18. The monoisotopic (exact) mass is 422 g/mol. The molecule has 0 saturated carbocycles. The molecule has 0 bridgehead atoms. The Balaban J connectivity index is 2.00. The fourth-order valence-electron chi connectivity index (χ4n) is 3.52. The predicted molar refractivity (Wildman–Crippen MR) is 130 cm³/mol. The number of carbonyl (C=O) groups excluding carboxylic acids is 2. The first kappa shape index (κ1) is 24.6. The van der Waals surface area contributed by atoms with Crippen molar-refractivity contribution in [2.24, 2.45) is 5.92 Å². The van der Waals surface area contributed by atoms with Gasteiger partial charge in [0.05, 0.1) is 0 Å². The molecule has 2 N–H and O–H groups in total. The predicted octanol–water partition coefficient (Wildman–Crippen LogP) is 6.76. The summed E-state index contributed by atoms with van der Waals surface area (Å²) in [5.41, 5.74) is 4.00. The standard InChI is InChI=1S/C27H38N2O2/c1-4-7-10-21-13-17-23(18-14-21)28-26(30)25(12-9-6-3)27(31)29-24-19-15-22(16-20-24)11-8-5-2/h13-20,25H,4-12H2,1-3H3,(H,28,30)(H,29,31). The minimum Gasteiger partial charge on any atom is -0.325 e. The maximum Gasteiger partial charge on any atom is 0.236 e. The smallest absolute Gasteiger partial charge is 0.236 e. The average Bonchev–Trinajstić information content (AvgIpc) is 2.78. The van der Waals surface area contributed by atoms with Crippen molar-refractivity contribution in [3.05, 3.63) is 59.7 Å². The lowest BCUT2D eigenvalue weighted by Crippen LogP contribution is -2.34. The molecule has 2 aromatic rings. The number of nitrogens with one attached hydrogen (secondary N) is 2. The number of aryl methyl sites for hydroxylation is 2. The first-order valence-corrected chi connectivity index (χ1v) is 11.9. The van der Waals surface area contributed by atoms with E-state index >= 15 is 0 Å². The van der Waals surface area contributed by atoms with Crippen molar-refractivity contribution in [2.75, 3.05) is 10.6 Å². The largest absolute Gasteiger partial charge is 0.325 e. The van der Waals surface area contributed by atoms with Gasteiger partial charge >= 0.3 is 0 Å². The molecule has 0 heterocycles. The molecule has 0 aliphatic rings. The van der Waals surface area contributed by atoms with Gasteiger partial charge in [0.25, 0.3) is 0 Å². The van der Waals surface area contributed by atoms with Gasteiger partial charge in [-0.25, -0.2) is 0 Å². The number of amides is 2. The minimum atomic E-state index is -0.709. The summed E-state index contributed by atoms with van der Waals surface area (Å²) in [5, 5.41) is 5.87. The van der Waals surface area contributed by atoms with E-state index in [2.05, 4.69) is 31.4 Å². The highest BCUT2D eigenvalue weighted by atomic mass is 16.2. The van der Waals surface area contributed by atoms with Gasteiger partial charge in [-0.15, -0.1) is 0 Å². The Morgan fingerprint density at radius 2 is 1.03 bits per heavy atom. The summed E-state index contributed by atoms with van der Waals surface area (Å²) in [5.74, 6) is -1.20. The van der Waals surface area contributed by atoms with Crippen LogP contribution in [0.1, 0.15) is 76.8 Å². The molecular formula is C27H38N2O2. The molecular weight excluding hydrogens is 384 g/mol. The second-order valence-electron chi connectivity index (χ2n) is 8.27. The first-order chi connectivity index (χ1) is 15.1. The lowest BCUT2D eigenvalue weighted by Gasteiger charge is -2.17. The number of hydrogen-bond acceptors (Lipinski definition) is 2. The second kappa shape index (κ2) is 13.6. The van der Waals surface area contributed by atoms with Crippen LogP contribution >= 0.6 is 0 Å². The maximum absolute atomic E-state index is 12.9. The van der Waals surface area contributed by atoms with E-state index in [0.717, 1.165) is 62.7 Å². The van der Waals surface area contributed by atoms with Crippen LogP contribution in [0.5, 0.6) is 0 Å². The molecule has 2 rings (SSSR count). The average molecular weight is 423 g/mol. The lowest BCUT2D eigenvalue weighted by molar-refractivity contribution is -0.129. The summed E-state index contributed by atoms with van der Waals surface area (Å²) in [6.07, 6.45) is 9.04. The van der Waals surface area contributed by atoms with Crippen molar-refractivity contribution in [3.63, 3.8) is 0 Å². The zero-order valence-electron chi connectivity index (χ0n) is 19.4. The van der Waals surface area contributed by atoms with Gasteiger partial charge in [-0.3, -0.25) is 9.59 Å². The molecule has 0 aliphatic carbocycles. The number of benzene rings is 2. The topological polar surface area (TPSA) is 58.2 Å². The van der Waals surface area contributed by atoms with Gasteiger partial charge in [0.1, 0.15) is 5.92 Å². The fourth-order valence-corrected chi connectivity index (χ4v) is 3.52. The number of carbonyl (C=O) groups is 2. The molecule has 0 spiro atoms. The summed E-state index contributed by atoms with van der Waals surface area (Å²) in [6, 6.07) is 15.9. The van der Waals surface area contributed by atoms with Crippen LogP contribution in [0.3, 0.4) is 0 Å². The Hall–Kier alpha value is -2.62. The minimum absolute atomic E-state index is 0.244. The lowest BCUT2D eigenvalue weighted by atomic mass is 9.99. The Bertz CT molecular complexity index is 731. The van der Waals surface area contributed by atoms with Gasteiger partial charge in [0.15, 0.2) is 0 Å². The molecule has 4 heteroatoms. The molecule has 0 saturated heterocycles. The SMILES string of the molecule is CCCCc1ccc(NC(=O)C(CCCC)C(=O)Nc2ccc(CCCC)cc2)cc1. The molecule has 0 radical (unpaired) electrons. The molecule has 0 aromatic heterocycles. The normalized spacial score (nSPS) is 10.8. The summed E-state index contributed by atoms with van der Waals surface area (Å²) in [7, 11) is 0. The highest BCUT2D eigenvalue weighted by molar-refractivity contribution is 6.10. The van der Waals surface area contributed by atoms with E-state index in [0.29, 0.717) is 6.42 Å². The molecule has 4 nitrogen and oxygen atoms in total. The van der Waals surface area contributed by atoms with Crippen LogP contribution in [0.15, 0.2) is 48.5 Å². The third-order valence-electron chi connectivity index (χ3n) is 5.56. The van der Waals surface area contributed by atoms with E-state index in [1.807, 2.05) is 48.5 Å². The number of unbranched alkanes of at least 4 members (excludes halogenated alkanes) is 3. The van der Waals surface area contributed by atoms with Gasteiger partial charge in [0.2, 0.25) is 11.8 Å². The van der Waals surface area contributed by atoms with E-state index < -0.39 is 5.92 Å². The third-order valence-corrected chi connectivity index (χ3v) is 5.56. The van der Waals surface area contributed by atoms with E-state index in [1.165, 1.54) is 11.1 Å². The zero-order valence-corrected chi connectivity index (χ0v) is 19.4. The van der Waals surface area contributed by atoms with Crippen molar-refractivity contribution in [3.8, 4) is 0 Å². The van der Waals surface area contributed by atoms with Gasteiger partial charge in [0, 0.05) is 11.4 Å². The summed E-state index contributed by atoms with van der Waals surface area (Å²) in [6.45, 7) is 6.42. The summed E-state index contributed by atoms with van der Waals surface area (Å²) < 4.78 is 0. The Labute approximate surface area is 187 Å². The molecule has 0 aliphatic heterocycles. The zero-order chi connectivity index (χ0) is 22.5. The molecule has 2 amide bonds. The van der Waals surface area contributed by atoms with Gasteiger partial charge in [-0.2, -0.15) is 0 Å². The van der Waals surface area contributed by atoms with Crippen molar-refractivity contribution < 1.29 is 9.59 Å². The van der Waals surface area contributed by atoms with Gasteiger partial charge < -0.3 is 10.6 Å². The van der Waals surface area contributed by atoms with Crippen LogP contribution in [0.25, 0.3) is 0 Å². The van der Waals surface area contributed by atoms with Crippen LogP contribution in [0.4, 0.5) is 11.4 Å². The number of anilines is 2. The van der Waals surface area contributed by atoms with Crippen LogP contribution in [-0.2, 0) is 22.4 Å². The molecule has 31 heavy (non-hydrogen) atoms. The van der Waals surface area contributed by atoms with Crippen LogP contribution in [0.2, 0.25) is 0 Å². The Morgan fingerprint density at radius 3 is 1.39 bits per heavy atom. The third kappa shape index (κ3) is 8.56. The Morgan fingerprint density at radius 1 is 0.645 bits per heavy atom. The molecule has 0 atom stereocenters. The fraction of sp³-hybridized carbons (Fsp3) is 0.481. The van der Waals surface area contributed by atoms with Gasteiger partial charge in [-0.05, 0) is 67.5 Å². The van der Waals surface area contributed by atoms with Crippen LogP contribution in [-0.4, -0.2) is 11.8 Å². The van der Waals surface area contributed by atoms with Gasteiger partial charge in [-0.1, -0.05) is 70.7 Å². The highest BCUT2D eigenvalue weighted by Gasteiger charge is 2.26. The van der Waals surface area contributed by atoms with Crippen molar-refractivity contribution >= 4 is 23.2 Å². The van der Waals surface area contributed by atoms with E-state index in [9.17, 15) is 9.59 Å². The maximum atomic E-state index is 12.9. The quantitative estimate of drug-likeness (QED) is 0.351. The summed E-state index contributed by atoms with van der Waals surface area (Å²) >= 11 is 0. The van der Waals surface area contributed by atoms with Crippen molar-refractivity contribution in [2.45, 2.75) is 78.6 Å². The van der Waals surface area contributed by atoms with E-state index in [4.69, 9.17) is 0 Å². The molecule has 0 fully saturated rings. The van der Waals surface area contributed by atoms with Crippen LogP contribution < -0.4 is 10.6 Å². The Kier molecular flexibility index (Phi) is 10.8. The molecule has 168 valence electrons. The van der Waals surface area contributed by atoms with Crippen molar-refractivity contribution in [1.82, 2.24) is 0 Å². The van der Waals surface area contributed by atoms with E-state index in [1.54, 1.807) is 0 Å². The molecule has 0 unspecified atom stereocenters. The first-order valence-electron chi connectivity index (χ1n) is 11.9. The second-order valence-corrected chi connectivity index (χ2v) is 8.27. The number of rotatable bonds is 13.